The van der Waals surface area contributed by atoms with Gasteiger partial charge in [0, 0.05) is 11.1 Å². The quantitative estimate of drug-likeness (QED) is 0.689. The Labute approximate surface area is 119 Å². The molecule has 108 valence electrons. The molecule has 0 aliphatic carbocycles. The molecule has 19 heavy (non-hydrogen) atoms. The minimum atomic E-state index is -0.897. The topological polar surface area (TPSA) is 12.0 Å². The molecule has 2 unspecified atom stereocenters. The first-order valence-electron chi connectivity index (χ1n) is 6.87. The van der Waals surface area contributed by atoms with Gasteiger partial charge in [-0.3, -0.25) is 0 Å². The summed E-state index contributed by atoms with van der Waals surface area (Å²) in [7, 11) is 0. The summed E-state index contributed by atoms with van der Waals surface area (Å²) >= 11 is 6.06. The molecule has 2 atom stereocenters. The Morgan fingerprint density at radius 3 is 2.42 bits per heavy atom. The van der Waals surface area contributed by atoms with Crippen LogP contribution in [0.5, 0.6) is 0 Å². The van der Waals surface area contributed by atoms with Gasteiger partial charge in [0.05, 0.1) is 0 Å². The standard InChI is InChI=1S/C15H22ClF2N/c1-4-6-19-15(7-10(3)5-2)11-8-13(17)14(18)9-12(11)16/h8-10,15,19H,4-7H2,1-3H3. The number of halogens is 3. The van der Waals surface area contributed by atoms with Crippen LogP contribution in [0.2, 0.25) is 5.02 Å². The fraction of sp³-hybridized carbons (Fsp3) is 0.600. The number of benzene rings is 1. The largest absolute Gasteiger partial charge is 0.310 e. The molecule has 0 heterocycles. The van der Waals surface area contributed by atoms with Crippen LogP contribution in [0.3, 0.4) is 0 Å². The van der Waals surface area contributed by atoms with E-state index in [2.05, 4.69) is 26.1 Å². The van der Waals surface area contributed by atoms with E-state index >= 15 is 0 Å². The third-order valence-electron chi connectivity index (χ3n) is 3.39. The summed E-state index contributed by atoms with van der Waals surface area (Å²) < 4.78 is 26.5. The molecule has 0 fully saturated rings. The zero-order valence-corrected chi connectivity index (χ0v) is 12.5. The number of nitrogens with one attached hydrogen (secondary N) is 1. The first-order valence-corrected chi connectivity index (χ1v) is 7.25. The lowest BCUT2D eigenvalue weighted by Gasteiger charge is -2.23. The van der Waals surface area contributed by atoms with E-state index in [0.29, 0.717) is 11.5 Å². The van der Waals surface area contributed by atoms with Gasteiger partial charge in [-0.05, 0) is 43.0 Å². The average molecular weight is 290 g/mol. The molecule has 0 amide bonds. The van der Waals surface area contributed by atoms with Crippen LogP contribution in [0.15, 0.2) is 12.1 Å². The third kappa shape index (κ3) is 4.73. The summed E-state index contributed by atoms with van der Waals surface area (Å²) in [6.45, 7) is 7.17. The highest BCUT2D eigenvalue weighted by Crippen LogP contribution is 2.30. The molecule has 0 spiro atoms. The Hall–Kier alpha value is -0.670. The predicted molar refractivity (Wildman–Crippen MR) is 76.5 cm³/mol. The fourth-order valence-electron chi connectivity index (χ4n) is 2.01. The van der Waals surface area contributed by atoms with Crippen molar-refractivity contribution in [3.05, 3.63) is 34.4 Å². The van der Waals surface area contributed by atoms with Crippen LogP contribution in [-0.2, 0) is 0 Å². The normalized spacial score (nSPS) is 14.4. The molecule has 0 aliphatic heterocycles. The van der Waals surface area contributed by atoms with Crippen LogP contribution in [0, 0.1) is 17.6 Å². The van der Waals surface area contributed by atoms with Gasteiger partial charge >= 0.3 is 0 Å². The van der Waals surface area contributed by atoms with Crippen LogP contribution < -0.4 is 5.32 Å². The van der Waals surface area contributed by atoms with Crippen molar-refractivity contribution in [1.29, 1.82) is 0 Å². The molecule has 1 aromatic rings. The van der Waals surface area contributed by atoms with Crippen molar-refractivity contribution in [3.8, 4) is 0 Å². The summed E-state index contributed by atoms with van der Waals surface area (Å²) in [5.74, 6) is -1.24. The molecule has 0 saturated heterocycles. The second-order valence-electron chi connectivity index (χ2n) is 5.04. The van der Waals surface area contributed by atoms with Gasteiger partial charge in [-0.2, -0.15) is 0 Å². The van der Waals surface area contributed by atoms with E-state index in [1.165, 1.54) is 6.07 Å². The summed E-state index contributed by atoms with van der Waals surface area (Å²) in [5.41, 5.74) is 0.648. The van der Waals surface area contributed by atoms with E-state index in [4.69, 9.17) is 11.6 Å². The Bertz CT molecular complexity index is 409. The van der Waals surface area contributed by atoms with E-state index in [9.17, 15) is 8.78 Å². The summed E-state index contributed by atoms with van der Waals surface area (Å²) in [6, 6.07) is 2.24. The highest BCUT2D eigenvalue weighted by atomic mass is 35.5. The molecule has 0 radical (unpaired) electrons. The summed E-state index contributed by atoms with van der Waals surface area (Å²) in [6.07, 6.45) is 2.89. The molecule has 0 bridgehead atoms. The minimum Gasteiger partial charge on any atom is -0.310 e. The maximum absolute atomic E-state index is 13.4. The predicted octanol–water partition coefficient (Wildman–Crippen LogP) is 5.10. The van der Waals surface area contributed by atoms with Gasteiger partial charge in [-0.15, -0.1) is 0 Å². The maximum Gasteiger partial charge on any atom is 0.160 e. The minimum absolute atomic E-state index is 0.0301. The Morgan fingerprint density at radius 2 is 1.84 bits per heavy atom. The molecule has 1 rings (SSSR count). The fourth-order valence-corrected chi connectivity index (χ4v) is 2.29. The second kappa shape index (κ2) is 7.81. The average Bonchev–Trinajstić information content (AvgIpc) is 2.38. The zero-order chi connectivity index (χ0) is 14.4. The van der Waals surface area contributed by atoms with Crippen molar-refractivity contribution >= 4 is 11.6 Å². The lowest BCUT2D eigenvalue weighted by molar-refractivity contribution is 0.400. The van der Waals surface area contributed by atoms with Gasteiger partial charge in [0.25, 0.3) is 0 Å². The van der Waals surface area contributed by atoms with Crippen molar-refractivity contribution in [2.45, 2.75) is 46.1 Å². The van der Waals surface area contributed by atoms with Crippen LogP contribution in [0.1, 0.15) is 51.6 Å². The molecule has 0 aromatic heterocycles. The monoisotopic (exact) mass is 289 g/mol. The van der Waals surface area contributed by atoms with Crippen LogP contribution >= 0.6 is 11.6 Å². The van der Waals surface area contributed by atoms with E-state index in [1.54, 1.807) is 0 Å². The van der Waals surface area contributed by atoms with Gasteiger partial charge in [0.15, 0.2) is 11.6 Å². The van der Waals surface area contributed by atoms with E-state index < -0.39 is 11.6 Å². The molecule has 4 heteroatoms. The van der Waals surface area contributed by atoms with Crippen molar-refractivity contribution < 1.29 is 8.78 Å². The number of rotatable bonds is 7. The van der Waals surface area contributed by atoms with Crippen molar-refractivity contribution in [2.75, 3.05) is 6.54 Å². The Kier molecular flexibility index (Phi) is 6.73. The Morgan fingerprint density at radius 1 is 1.21 bits per heavy atom. The maximum atomic E-state index is 13.4. The molecule has 0 aliphatic rings. The lowest BCUT2D eigenvalue weighted by Crippen LogP contribution is -2.24. The highest BCUT2D eigenvalue weighted by molar-refractivity contribution is 6.31. The van der Waals surface area contributed by atoms with E-state index in [0.717, 1.165) is 31.9 Å². The molecular weight excluding hydrogens is 268 g/mol. The molecule has 1 nitrogen and oxygen atoms in total. The smallest absolute Gasteiger partial charge is 0.160 e. The summed E-state index contributed by atoms with van der Waals surface area (Å²) in [5, 5.41) is 3.65. The molecular formula is C15H22ClF2N. The molecule has 1 aromatic carbocycles. The van der Waals surface area contributed by atoms with Crippen molar-refractivity contribution in [2.24, 2.45) is 5.92 Å². The highest BCUT2D eigenvalue weighted by Gasteiger charge is 2.19. The van der Waals surface area contributed by atoms with Crippen LogP contribution in [0.25, 0.3) is 0 Å². The second-order valence-corrected chi connectivity index (χ2v) is 5.45. The molecule has 1 N–H and O–H groups in total. The SMILES string of the molecule is CCCNC(CC(C)CC)c1cc(F)c(F)cc1Cl. The van der Waals surface area contributed by atoms with Gasteiger partial charge in [-0.1, -0.05) is 38.8 Å². The first-order chi connectivity index (χ1) is 8.99. The van der Waals surface area contributed by atoms with Gasteiger partial charge < -0.3 is 5.32 Å². The van der Waals surface area contributed by atoms with Gasteiger partial charge in [0.2, 0.25) is 0 Å². The van der Waals surface area contributed by atoms with Crippen LogP contribution in [0.4, 0.5) is 8.78 Å². The van der Waals surface area contributed by atoms with Crippen molar-refractivity contribution in [3.63, 3.8) is 0 Å². The van der Waals surface area contributed by atoms with E-state index in [1.807, 2.05) is 0 Å². The van der Waals surface area contributed by atoms with Gasteiger partial charge in [0.1, 0.15) is 0 Å². The van der Waals surface area contributed by atoms with Gasteiger partial charge in [-0.25, -0.2) is 8.78 Å². The lowest BCUT2D eigenvalue weighted by atomic mass is 9.94. The number of hydrogen-bond donors (Lipinski definition) is 1. The van der Waals surface area contributed by atoms with Crippen LogP contribution in [-0.4, -0.2) is 6.54 Å². The molecule has 0 saturated carbocycles. The third-order valence-corrected chi connectivity index (χ3v) is 3.72. The summed E-state index contributed by atoms with van der Waals surface area (Å²) in [4.78, 5) is 0. The van der Waals surface area contributed by atoms with E-state index in [-0.39, 0.29) is 11.1 Å². The Balaban J connectivity index is 2.98. The van der Waals surface area contributed by atoms with Crippen molar-refractivity contribution in [1.82, 2.24) is 5.32 Å². The number of hydrogen-bond acceptors (Lipinski definition) is 1. The zero-order valence-electron chi connectivity index (χ0n) is 11.8. The first kappa shape index (κ1) is 16.4.